The van der Waals surface area contributed by atoms with Crippen LogP contribution in [0.25, 0.3) is 0 Å². The Morgan fingerprint density at radius 1 is 0.769 bits per heavy atom. The van der Waals surface area contributed by atoms with Crippen LogP contribution in [0.15, 0.2) is 0 Å². The molecule has 3 unspecified atom stereocenters. The highest BCUT2D eigenvalue weighted by Crippen LogP contribution is 2.22. The molecule has 15 heteroatoms. The average molecular weight is 437 g/mol. The summed E-state index contributed by atoms with van der Waals surface area (Å²) in [5.41, 5.74) is 19.9. The van der Waals surface area contributed by atoms with Gasteiger partial charge in [-0.15, -0.1) is 0 Å². The highest BCUT2D eigenvalue weighted by Gasteiger charge is 2.14. The van der Waals surface area contributed by atoms with E-state index >= 15 is 0 Å². The minimum Gasteiger partial charge on any atom is -0.480 e. The molecule has 0 aliphatic carbocycles. The lowest BCUT2D eigenvalue weighted by molar-refractivity contribution is -0.138. The van der Waals surface area contributed by atoms with Gasteiger partial charge in [-0.25, -0.2) is 0 Å². The van der Waals surface area contributed by atoms with E-state index in [2.05, 4.69) is 18.4 Å². The Kier molecular flexibility index (Phi) is 21.1. The minimum absolute atomic E-state index is 0.190. The molecule has 0 aromatic heterocycles. The van der Waals surface area contributed by atoms with Crippen LogP contribution >= 0.6 is 34.2 Å². The fourth-order valence-corrected chi connectivity index (χ4v) is 2.85. The molecule has 0 bridgehead atoms. The van der Waals surface area contributed by atoms with Crippen LogP contribution in [-0.4, -0.2) is 86.2 Å². The van der Waals surface area contributed by atoms with E-state index in [1.165, 1.54) is 21.6 Å². The number of carboxylic acids is 4. The second-order valence-electron chi connectivity index (χ2n) is 4.18. The molecular weight excluding hydrogens is 412 g/mol. The Labute approximate surface area is 162 Å². The summed E-state index contributed by atoms with van der Waals surface area (Å²) in [4.78, 5) is 39.5. The van der Waals surface area contributed by atoms with Crippen LogP contribution in [0.4, 0.5) is 0 Å². The van der Waals surface area contributed by atoms with Crippen molar-refractivity contribution in [3.8, 4) is 0 Å². The first-order valence-electron chi connectivity index (χ1n) is 6.62. The first-order chi connectivity index (χ1) is 11.9. The molecule has 0 saturated heterocycles. The van der Waals surface area contributed by atoms with E-state index in [9.17, 15) is 19.2 Å². The molecular formula is C11H24N4O8S3. The van der Waals surface area contributed by atoms with Gasteiger partial charge in [0.1, 0.15) is 18.1 Å². The predicted octanol–water partition coefficient (Wildman–Crippen LogP) is -2.45. The van der Waals surface area contributed by atoms with E-state index in [4.69, 9.17) is 37.6 Å². The van der Waals surface area contributed by atoms with Crippen molar-refractivity contribution in [1.82, 2.24) is 0 Å². The zero-order valence-corrected chi connectivity index (χ0v) is 16.1. The van der Waals surface area contributed by atoms with E-state index in [-0.39, 0.29) is 23.8 Å². The van der Waals surface area contributed by atoms with Crippen molar-refractivity contribution in [1.29, 1.82) is 0 Å². The molecule has 0 saturated carbocycles. The van der Waals surface area contributed by atoms with Gasteiger partial charge in [-0.3, -0.25) is 19.2 Å². The van der Waals surface area contributed by atoms with Crippen LogP contribution in [0.2, 0.25) is 0 Å². The van der Waals surface area contributed by atoms with E-state index in [0.29, 0.717) is 0 Å². The molecule has 154 valence electrons. The Morgan fingerprint density at radius 2 is 1.04 bits per heavy atom. The van der Waals surface area contributed by atoms with Crippen LogP contribution in [0.1, 0.15) is 0 Å². The predicted molar refractivity (Wildman–Crippen MR) is 102 cm³/mol. The van der Waals surface area contributed by atoms with Gasteiger partial charge in [0.05, 0.1) is 6.54 Å². The van der Waals surface area contributed by atoms with Crippen molar-refractivity contribution in [2.24, 2.45) is 22.9 Å². The van der Waals surface area contributed by atoms with E-state index < -0.39 is 42.0 Å². The fourth-order valence-electron chi connectivity index (χ4n) is 0.464. The van der Waals surface area contributed by atoms with Crippen molar-refractivity contribution in [3.05, 3.63) is 0 Å². The number of nitrogens with two attached hydrogens (primary N) is 4. The Hall–Kier alpha value is -1.23. The lowest BCUT2D eigenvalue weighted by atomic mass is 10.4. The third-order valence-corrected chi connectivity index (χ3v) is 4.77. The van der Waals surface area contributed by atoms with Crippen molar-refractivity contribution in [3.63, 3.8) is 0 Å². The molecule has 0 spiro atoms. The summed E-state index contributed by atoms with van der Waals surface area (Å²) in [5.74, 6) is -3.46. The largest absolute Gasteiger partial charge is 0.480 e. The number of carbonyl (C=O) groups is 4. The summed E-state index contributed by atoms with van der Waals surface area (Å²) in [6, 6.07) is -2.66. The molecule has 0 aliphatic rings. The molecule has 3 atom stereocenters. The van der Waals surface area contributed by atoms with Crippen LogP contribution < -0.4 is 22.9 Å². The third-order valence-electron chi connectivity index (χ3n) is 1.90. The Balaban J connectivity index is -0.000000366. The summed E-state index contributed by atoms with van der Waals surface area (Å²) in [5, 5.41) is 32.4. The normalized spacial score (nSPS) is 13.0. The molecule has 0 heterocycles. The third kappa shape index (κ3) is 22.8. The second kappa shape index (κ2) is 18.6. The van der Waals surface area contributed by atoms with E-state index in [1.54, 1.807) is 0 Å². The molecule has 0 fully saturated rings. The minimum atomic E-state index is -1.07. The monoisotopic (exact) mass is 436 g/mol. The second-order valence-corrected chi connectivity index (χ2v) is 7.10. The maximum atomic E-state index is 10.3. The number of hydrogen-bond acceptors (Lipinski definition) is 11. The molecule has 0 aromatic carbocycles. The highest BCUT2D eigenvalue weighted by molar-refractivity contribution is 8.76. The van der Waals surface area contributed by atoms with Crippen LogP contribution in [0.3, 0.4) is 0 Å². The first-order valence-corrected chi connectivity index (χ1v) is 9.74. The Bertz CT molecular complexity index is 422. The SMILES string of the molecule is NC(CS)C(=O)O.NC(CSSCC(N)C(=O)O)C(=O)O.NCC(=O)O. The van der Waals surface area contributed by atoms with Crippen molar-refractivity contribution < 1.29 is 39.6 Å². The van der Waals surface area contributed by atoms with Crippen molar-refractivity contribution in [2.45, 2.75) is 18.1 Å². The standard InChI is InChI=1S/C6H12N2O4S2.C3H7NO2S.C2H5NO2/c7-3(5(9)10)1-13-14-2-4(8)6(11)12;4-2(1-7)3(5)6;3-1-2(4)5/h3-4H,1-2,7-8H2,(H,9,10)(H,11,12);2,7H,1,4H2,(H,5,6);1,3H2,(H,4,5). The quantitative estimate of drug-likeness (QED) is 0.0978. The van der Waals surface area contributed by atoms with Crippen LogP contribution in [0, 0.1) is 0 Å². The zero-order valence-electron chi connectivity index (χ0n) is 13.6. The Morgan fingerprint density at radius 3 is 1.15 bits per heavy atom. The lowest BCUT2D eigenvalue weighted by Gasteiger charge is -2.07. The van der Waals surface area contributed by atoms with Crippen molar-refractivity contribution in [2.75, 3.05) is 23.8 Å². The molecule has 12 nitrogen and oxygen atoms in total. The van der Waals surface area contributed by atoms with Gasteiger partial charge in [-0.1, -0.05) is 21.6 Å². The average Bonchev–Trinajstić information content (AvgIpc) is 2.57. The summed E-state index contributed by atoms with van der Waals surface area (Å²) in [6.07, 6.45) is 0. The number of rotatable bonds is 10. The molecule has 0 rings (SSSR count). The van der Waals surface area contributed by atoms with Gasteiger partial charge in [-0.05, 0) is 0 Å². The molecule has 12 N–H and O–H groups in total. The van der Waals surface area contributed by atoms with Crippen molar-refractivity contribution >= 4 is 58.1 Å². The van der Waals surface area contributed by atoms with Gasteiger partial charge >= 0.3 is 23.9 Å². The van der Waals surface area contributed by atoms with Gasteiger partial charge in [0.25, 0.3) is 0 Å². The number of carboxylic acid groups (broad SMARTS) is 4. The fraction of sp³-hybridized carbons (Fsp3) is 0.636. The summed E-state index contributed by atoms with van der Waals surface area (Å²) in [6.45, 7) is -0.278. The number of hydrogen-bond donors (Lipinski definition) is 9. The molecule has 0 amide bonds. The summed E-state index contributed by atoms with van der Waals surface area (Å²) in [7, 11) is 2.41. The van der Waals surface area contributed by atoms with Crippen LogP contribution in [-0.2, 0) is 19.2 Å². The first kappa shape index (κ1) is 29.5. The van der Waals surface area contributed by atoms with Gasteiger partial charge < -0.3 is 43.4 Å². The highest BCUT2D eigenvalue weighted by atomic mass is 33.1. The van der Waals surface area contributed by atoms with E-state index in [1.807, 2.05) is 0 Å². The number of aliphatic carboxylic acids is 4. The van der Waals surface area contributed by atoms with Gasteiger partial charge in [0, 0.05) is 17.3 Å². The molecule has 0 aromatic rings. The maximum absolute atomic E-state index is 10.3. The summed E-state index contributed by atoms with van der Waals surface area (Å²) >= 11 is 3.65. The van der Waals surface area contributed by atoms with Gasteiger partial charge in [0.2, 0.25) is 0 Å². The lowest BCUT2D eigenvalue weighted by Crippen LogP contribution is -2.33. The number of thiol groups is 1. The van der Waals surface area contributed by atoms with Gasteiger partial charge in [0.15, 0.2) is 0 Å². The molecule has 0 aliphatic heterocycles. The molecule has 0 radical (unpaired) electrons. The van der Waals surface area contributed by atoms with Gasteiger partial charge in [-0.2, -0.15) is 12.6 Å². The smallest absolute Gasteiger partial charge is 0.321 e. The molecule has 26 heavy (non-hydrogen) atoms. The van der Waals surface area contributed by atoms with E-state index in [0.717, 1.165) is 0 Å². The maximum Gasteiger partial charge on any atom is 0.321 e. The topological polar surface area (TPSA) is 253 Å². The summed E-state index contributed by atoms with van der Waals surface area (Å²) < 4.78 is 0. The van der Waals surface area contributed by atoms with Crippen LogP contribution in [0.5, 0.6) is 0 Å². The zero-order chi connectivity index (χ0) is 21.3.